The monoisotopic (exact) mass is 183 g/mol. The van der Waals surface area contributed by atoms with E-state index in [0.717, 1.165) is 0 Å². The van der Waals surface area contributed by atoms with Crippen molar-refractivity contribution in [3.63, 3.8) is 0 Å². The van der Waals surface area contributed by atoms with Crippen LogP contribution in [0.2, 0.25) is 0 Å². The number of aromatic nitrogens is 2. The van der Waals surface area contributed by atoms with Gasteiger partial charge in [0.1, 0.15) is 5.82 Å². The summed E-state index contributed by atoms with van der Waals surface area (Å²) >= 11 is 0. The van der Waals surface area contributed by atoms with Crippen molar-refractivity contribution in [2.45, 2.75) is 26.8 Å². The van der Waals surface area contributed by atoms with Crippen LogP contribution in [0.4, 0.5) is 5.69 Å². The molecule has 0 atom stereocenters. The van der Waals surface area contributed by atoms with Gasteiger partial charge in [-0.05, 0) is 20.8 Å². The van der Waals surface area contributed by atoms with E-state index in [0.29, 0.717) is 5.82 Å². The Morgan fingerprint density at radius 2 is 2.15 bits per heavy atom. The van der Waals surface area contributed by atoms with Gasteiger partial charge in [-0.2, -0.15) is 4.98 Å². The normalized spacial score (nSPS) is 10.5. The maximum atomic E-state index is 11.3. The molecule has 3 N–H and O–H groups in total. The molecule has 0 spiro atoms. The third kappa shape index (κ3) is 2.21. The average Bonchev–Trinajstić information content (AvgIpc) is 1.96. The van der Waals surface area contributed by atoms with E-state index in [-0.39, 0.29) is 23.2 Å². The molecular weight excluding hydrogens is 170 g/mol. The van der Waals surface area contributed by atoms with E-state index in [1.165, 1.54) is 0 Å². The van der Waals surface area contributed by atoms with Gasteiger partial charge in [0.2, 0.25) is 5.88 Å². The second-order valence-corrected chi connectivity index (χ2v) is 3.15. The van der Waals surface area contributed by atoms with Crippen LogP contribution in [0.5, 0.6) is 5.88 Å². The van der Waals surface area contributed by atoms with Gasteiger partial charge >= 0.3 is 0 Å². The Balaban J connectivity index is 3.14. The zero-order valence-corrected chi connectivity index (χ0v) is 7.88. The minimum atomic E-state index is -0.348. The van der Waals surface area contributed by atoms with Gasteiger partial charge in [0, 0.05) is 6.04 Å². The number of anilines is 1. The Morgan fingerprint density at radius 1 is 1.54 bits per heavy atom. The Kier molecular flexibility index (Phi) is 2.55. The highest BCUT2D eigenvalue weighted by molar-refractivity contribution is 5.50. The van der Waals surface area contributed by atoms with Gasteiger partial charge in [-0.3, -0.25) is 4.79 Å². The fraction of sp³-hybridized carbons (Fsp3) is 0.500. The number of hydrogen-bond donors (Lipinski definition) is 3. The summed E-state index contributed by atoms with van der Waals surface area (Å²) in [6, 6.07) is 0.0801. The molecule has 72 valence electrons. The molecule has 1 heterocycles. The summed E-state index contributed by atoms with van der Waals surface area (Å²) in [6.45, 7) is 5.36. The lowest BCUT2D eigenvalue weighted by Gasteiger charge is -2.09. The Bertz CT molecular complexity index is 357. The molecule has 0 aromatic carbocycles. The SMILES string of the molecule is Cc1nc(O)c(NC(C)C)c(=O)[nH]1. The predicted molar refractivity (Wildman–Crippen MR) is 50.0 cm³/mol. The lowest BCUT2D eigenvalue weighted by Crippen LogP contribution is -2.20. The first-order chi connectivity index (χ1) is 6.00. The quantitative estimate of drug-likeness (QED) is 0.627. The fourth-order valence-electron chi connectivity index (χ4n) is 0.990. The second kappa shape index (κ2) is 3.47. The molecular formula is C8H13N3O2. The number of aromatic amines is 1. The summed E-state index contributed by atoms with van der Waals surface area (Å²) in [4.78, 5) is 17.5. The minimum Gasteiger partial charge on any atom is -0.492 e. The molecule has 0 saturated carbocycles. The maximum Gasteiger partial charge on any atom is 0.278 e. The molecule has 0 saturated heterocycles. The van der Waals surface area contributed by atoms with Gasteiger partial charge in [0.15, 0.2) is 5.69 Å². The van der Waals surface area contributed by atoms with Crippen molar-refractivity contribution in [1.29, 1.82) is 0 Å². The van der Waals surface area contributed by atoms with Crippen LogP contribution in [0, 0.1) is 6.92 Å². The summed E-state index contributed by atoms with van der Waals surface area (Å²) in [6.07, 6.45) is 0. The standard InChI is InChI=1S/C8H13N3O2/c1-4(2)9-6-7(12)10-5(3)11-8(6)13/h4,9H,1-3H3,(H2,10,11,12,13). The zero-order valence-electron chi connectivity index (χ0n) is 7.88. The number of aryl methyl sites for hydroxylation is 1. The number of aromatic hydroxyl groups is 1. The lowest BCUT2D eigenvalue weighted by molar-refractivity contribution is 0.451. The Morgan fingerprint density at radius 3 is 2.62 bits per heavy atom. The molecule has 0 aliphatic rings. The third-order valence-corrected chi connectivity index (χ3v) is 1.45. The predicted octanol–water partition coefficient (Wildman–Crippen LogP) is 0.604. The van der Waals surface area contributed by atoms with Crippen LogP contribution in [-0.4, -0.2) is 21.1 Å². The highest BCUT2D eigenvalue weighted by Gasteiger charge is 2.09. The van der Waals surface area contributed by atoms with Crippen LogP contribution in [0.3, 0.4) is 0 Å². The van der Waals surface area contributed by atoms with Crippen molar-refractivity contribution in [1.82, 2.24) is 9.97 Å². The number of nitrogens with zero attached hydrogens (tertiary/aromatic N) is 1. The molecule has 0 radical (unpaired) electrons. The van der Waals surface area contributed by atoms with Crippen molar-refractivity contribution in [2.75, 3.05) is 5.32 Å². The first kappa shape index (κ1) is 9.57. The Labute approximate surface area is 75.8 Å². The van der Waals surface area contributed by atoms with E-state index >= 15 is 0 Å². The fourth-order valence-corrected chi connectivity index (χ4v) is 0.990. The van der Waals surface area contributed by atoms with E-state index in [9.17, 15) is 9.90 Å². The van der Waals surface area contributed by atoms with E-state index in [1.807, 2.05) is 13.8 Å². The van der Waals surface area contributed by atoms with Crippen LogP contribution in [-0.2, 0) is 0 Å². The van der Waals surface area contributed by atoms with E-state index in [1.54, 1.807) is 6.92 Å². The van der Waals surface area contributed by atoms with Crippen LogP contribution in [0.15, 0.2) is 4.79 Å². The third-order valence-electron chi connectivity index (χ3n) is 1.45. The van der Waals surface area contributed by atoms with Gasteiger partial charge in [-0.25, -0.2) is 0 Å². The van der Waals surface area contributed by atoms with E-state index in [4.69, 9.17) is 0 Å². The molecule has 13 heavy (non-hydrogen) atoms. The van der Waals surface area contributed by atoms with Crippen LogP contribution < -0.4 is 10.9 Å². The summed E-state index contributed by atoms with van der Waals surface area (Å²) < 4.78 is 0. The smallest absolute Gasteiger partial charge is 0.278 e. The first-order valence-corrected chi connectivity index (χ1v) is 4.07. The summed E-state index contributed by atoms with van der Waals surface area (Å²) in [5.74, 6) is 0.145. The molecule has 0 amide bonds. The molecule has 5 nitrogen and oxygen atoms in total. The van der Waals surface area contributed by atoms with Gasteiger partial charge in [-0.1, -0.05) is 0 Å². The number of H-pyrrole nitrogens is 1. The van der Waals surface area contributed by atoms with Gasteiger partial charge in [0.05, 0.1) is 0 Å². The van der Waals surface area contributed by atoms with Crippen LogP contribution in [0.25, 0.3) is 0 Å². The van der Waals surface area contributed by atoms with E-state index in [2.05, 4.69) is 15.3 Å². The minimum absolute atomic E-state index is 0.0801. The van der Waals surface area contributed by atoms with Crippen molar-refractivity contribution in [3.05, 3.63) is 16.2 Å². The summed E-state index contributed by atoms with van der Waals surface area (Å²) in [7, 11) is 0. The number of hydrogen-bond acceptors (Lipinski definition) is 4. The molecule has 0 aliphatic heterocycles. The Hall–Kier alpha value is -1.52. The van der Waals surface area contributed by atoms with Crippen molar-refractivity contribution < 1.29 is 5.11 Å². The van der Waals surface area contributed by atoms with Gasteiger partial charge < -0.3 is 15.4 Å². The molecule has 0 bridgehead atoms. The highest BCUT2D eigenvalue weighted by atomic mass is 16.3. The lowest BCUT2D eigenvalue weighted by atomic mass is 10.3. The maximum absolute atomic E-state index is 11.3. The van der Waals surface area contributed by atoms with Crippen molar-refractivity contribution >= 4 is 5.69 Å². The van der Waals surface area contributed by atoms with Crippen LogP contribution in [0.1, 0.15) is 19.7 Å². The highest BCUT2D eigenvalue weighted by Crippen LogP contribution is 2.14. The van der Waals surface area contributed by atoms with Gasteiger partial charge in [-0.15, -0.1) is 0 Å². The average molecular weight is 183 g/mol. The molecule has 0 unspecified atom stereocenters. The zero-order chi connectivity index (χ0) is 10.0. The molecule has 5 heteroatoms. The largest absolute Gasteiger partial charge is 0.492 e. The van der Waals surface area contributed by atoms with Crippen molar-refractivity contribution in [3.8, 4) is 5.88 Å². The summed E-state index contributed by atoms with van der Waals surface area (Å²) in [5.41, 5.74) is -0.223. The number of rotatable bonds is 2. The molecule has 1 aromatic heterocycles. The van der Waals surface area contributed by atoms with Crippen molar-refractivity contribution in [2.24, 2.45) is 0 Å². The topological polar surface area (TPSA) is 78.0 Å². The first-order valence-electron chi connectivity index (χ1n) is 4.07. The molecule has 0 aliphatic carbocycles. The van der Waals surface area contributed by atoms with E-state index < -0.39 is 0 Å². The molecule has 1 rings (SSSR count). The van der Waals surface area contributed by atoms with Crippen LogP contribution >= 0.6 is 0 Å². The summed E-state index contributed by atoms with van der Waals surface area (Å²) in [5, 5.41) is 12.1. The molecule has 0 fully saturated rings. The van der Waals surface area contributed by atoms with Gasteiger partial charge in [0.25, 0.3) is 5.56 Å². The molecule has 1 aromatic rings. The second-order valence-electron chi connectivity index (χ2n) is 3.15. The number of nitrogens with one attached hydrogen (secondary N) is 2.